The minimum Gasteiger partial charge on any atom is -0.397 e. The molecule has 1 saturated heterocycles. The van der Waals surface area contributed by atoms with Crippen molar-refractivity contribution in [1.29, 1.82) is 0 Å². The molecule has 5 nitrogen and oxygen atoms in total. The first-order valence-corrected chi connectivity index (χ1v) is 7.40. The van der Waals surface area contributed by atoms with Crippen LogP contribution in [0.25, 0.3) is 0 Å². The van der Waals surface area contributed by atoms with Crippen LogP contribution in [0.5, 0.6) is 0 Å². The Bertz CT molecular complexity index is 468. The van der Waals surface area contributed by atoms with E-state index in [9.17, 15) is 4.79 Å². The number of anilines is 1. The molecule has 0 radical (unpaired) electrons. The third-order valence-electron chi connectivity index (χ3n) is 3.93. The Morgan fingerprint density at radius 2 is 2.35 bits per heavy atom. The predicted octanol–water partition coefficient (Wildman–Crippen LogP) is 2.20. The summed E-state index contributed by atoms with van der Waals surface area (Å²) in [5.74, 6) is 0.362. The van der Waals surface area contributed by atoms with E-state index in [1.165, 1.54) is 0 Å². The first-order chi connectivity index (χ1) is 9.52. The molecule has 1 amide bonds. The molecule has 5 heteroatoms. The number of carbonyl (C=O) groups excluding carboxylic acids is 1. The van der Waals surface area contributed by atoms with Gasteiger partial charge in [0.25, 0.3) is 5.91 Å². The molecule has 1 aromatic heterocycles. The first-order valence-electron chi connectivity index (χ1n) is 7.40. The lowest BCUT2D eigenvalue weighted by atomic mass is 10.00. The second-order valence-corrected chi connectivity index (χ2v) is 5.74. The molecule has 2 heterocycles. The van der Waals surface area contributed by atoms with Crippen LogP contribution < -0.4 is 11.1 Å². The van der Waals surface area contributed by atoms with E-state index in [1.807, 2.05) is 24.6 Å². The van der Waals surface area contributed by atoms with Crippen molar-refractivity contribution in [2.45, 2.75) is 45.8 Å². The van der Waals surface area contributed by atoms with Crippen molar-refractivity contribution in [2.24, 2.45) is 5.92 Å². The lowest BCUT2D eigenvalue weighted by Gasteiger charge is -2.18. The second-order valence-electron chi connectivity index (χ2n) is 5.74. The molecule has 1 aliphatic heterocycles. The minimum atomic E-state index is -0.0582. The molecule has 2 unspecified atom stereocenters. The van der Waals surface area contributed by atoms with Gasteiger partial charge in [0, 0.05) is 31.3 Å². The zero-order chi connectivity index (χ0) is 14.7. The Balaban J connectivity index is 1.98. The zero-order valence-corrected chi connectivity index (χ0v) is 12.6. The van der Waals surface area contributed by atoms with Crippen LogP contribution in [0.4, 0.5) is 5.69 Å². The molecule has 0 bridgehead atoms. The number of hydrogen-bond acceptors (Lipinski definition) is 3. The maximum absolute atomic E-state index is 12.3. The number of ether oxygens (including phenoxy) is 1. The molecule has 1 fully saturated rings. The summed E-state index contributed by atoms with van der Waals surface area (Å²) in [5, 5.41) is 3.02. The Kier molecular flexibility index (Phi) is 4.70. The lowest BCUT2D eigenvalue weighted by molar-refractivity contribution is 0.0823. The maximum Gasteiger partial charge on any atom is 0.268 e. The van der Waals surface area contributed by atoms with E-state index in [0.717, 1.165) is 19.4 Å². The largest absolute Gasteiger partial charge is 0.397 e. The highest BCUT2D eigenvalue weighted by molar-refractivity contribution is 5.93. The fraction of sp³-hybridized carbons (Fsp3) is 0.667. The van der Waals surface area contributed by atoms with E-state index in [-0.39, 0.29) is 18.1 Å². The van der Waals surface area contributed by atoms with E-state index in [0.29, 0.717) is 23.8 Å². The highest BCUT2D eigenvalue weighted by Gasteiger charge is 2.27. The normalized spacial score (nSPS) is 22.4. The van der Waals surface area contributed by atoms with Crippen molar-refractivity contribution < 1.29 is 9.53 Å². The molecule has 3 N–H and O–H groups in total. The van der Waals surface area contributed by atoms with Crippen LogP contribution in [0.15, 0.2) is 12.3 Å². The molecule has 0 saturated carbocycles. The molecule has 0 spiro atoms. The number of nitrogen functional groups attached to an aromatic ring is 1. The Labute approximate surface area is 120 Å². The fourth-order valence-electron chi connectivity index (χ4n) is 2.80. The average Bonchev–Trinajstić information content (AvgIpc) is 3.01. The van der Waals surface area contributed by atoms with Gasteiger partial charge in [-0.1, -0.05) is 6.92 Å². The highest BCUT2D eigenvalue weighted by Crippen LogP contribution is 2.23. The predicted molar refractivity (Wildman–Crippen MR) is 79.7 cm³/mol. The zero-order valence-electron chi connectivity index (χ0n) is 12.6. The topological polar surface area (TPSA) is 69.3 Å². The van der Waals surface area contributed by atoms with Gasteiger partial charge in [0.15, 0.2) is 0 Å². The number of nitrogens with two attached hydrogens (primary N) is 1. The van der Waals surface area contributed by atoms with Crippen molar-refractivity contribution in [3.63, 3.8) is 0 Å². The SMILES string of the molecule is CCC1OCCC1CNC(=O)c1cc(N)cn1C(C)C. The molecule has 1 aromatic rings. The highest BCUT2D eigenvalue weighted by atomic mass is 16.5. The van der Waals surface area contributed by atoms with E-state index < -0.39 is 0 Å². The van der Waals surface area contributed by atoms with Gasteiger partial charge >= 0.3 is 0 Å². The van der Waals surface area contributed by atoms with Crippen molar-refractivity contribution in [1.82, 2.24) is 9.88 Å². The first kappa shape index (κ1) is 14.9. The number of rotatable bonds is 5. The van der Waals surface area contributed by atoms with E-state index in [4.69, 9.17) is 10.5 Å². The second kappa shape index (κ2) is 6.31. The van der Waals surface area contributed by atoms with Gasteiger partial charge in [-0.15, -0.1) is 0 Å². The molecule has 2 rings (SSSR count). The van der Waals surface area contributed by atoms with E-state index >= 15 is 0 Å². The van der Waals surface area contributed by atoms with E-state index in [2.05, 4.69) is 12.2 Å². The summed E-state index contributed by atoms with van der Waals surface area (Å²) >= 11 is 0. The van der Waals surface area contributed by atoms with E-state index in [1.54, 1.807) is 6.07 Å². The molecule has 2 atom stereocenters. The van der Waals surface area contributed by atoms with Crippen LogP contribution in [-0.4, -0.2) is 29.7 Å². The third kappa shape index (κ3) is 3.15. The fourth-order valence-corrected chi connectivity index (χ4v) is 2.80. The molecule has 0 aliphatic carbocycles. The van der Waals surface area contributed by atoms with Crippen LogP contribution in [0.1, 0.15) is 50.1 Å². The van der Waals surface area contributed by atoms with Crippen LogP contribution in [-0.2, 0) is 4.74 Å². The standard InChI is InChI=1S/C15H25N3O2/c1-4-14-11(5-6-20-14)8-17-15(19)13-7-12(16)9-18(13)10(2)3/h7,9-11,14H,4-6,8,16H2,1-3H3,(H,17,19). The van der Waals surface area contributed by atoms with Crippen LogP contribution in [0, 0.1) is 5.92 Å². The van der Waals surface area contributed by atoms with Gasteiger partial charge in [0.2, 0.25) is 0 Å². The summed E-state index contributed by atoms with van der Waals surface area (Å²) in [6.07, 6.45) is 4.10. The van der Waals surface area contributed by atoms with Gasteiger partial charge in [-0.25, -0.2) is 0 Å². The van der Waals surface area contributed by atoms with Crippen molar-refractivity contribution >= 4 is 11.6 Å². The Morgan fingerprint density at radius 3 is 3.00 bits per heavy atom. The number of nitrogens with one attached hydrogen (secondary N) is 1. The van der Waals surface area contributed by atoms with Crippen molar-refractivity contribution in [3.05, 3.63) is 18.0 Å². The average molecular weight is 279 g/mol. The molecule has 112 valence electrons. The summed E-state index contributed by atoms with van der Waals surface area (Å²) in [7, 11) is 0. The Morgan fingerprint density at radius 1 is 1.60 bits per heavy atom. The molecule has 0 aromatic carbocycles. The number of nitrogens with zero attached hydrogens (tertiary/aromatic N) is 1. The Hall–Kier alpha value is -1.49. The minimum absolute atomic E-state index is 0.0582. The summed E-state index contributed by atoms with van der Waals surface area (Å²) < 4.78 is 7.55. The number of carbonyl (C=O) groups is 1. The van der Waals surface area contributed by atoms with Gasteiger partial charge in [-0.05, 0) is 32.8 Å². The summed E-state index contributed by atoms with van der Waals surface area (Å²) in [4.78, 5) is 12.3. The van der Waals surface area contributed by atoms with Gasteiger partial charge in [-0.2, -0.15) is 0 Å². The molecular weight excluding hydrogens is 254 g/mol. The van der Waals surface area contributed by atoms with Crippen LogP contribution >= 0.6 is 0 Å². The molecule has 20 heavy (non-hydrogen) atoms. The number of hydrogen-bond donors (Lipinski definition) is 2. The maximum atomic E-state index is 12.3. The smallest absolute Gasteiger partial charge is 0.268 e. The molecule has 1 aliphatic rings. The van der Waals surface area contributed by atoms with Crippen molar-refractivity contribution in [2.75, 3.05) is 18.9 Å². The third-order valence-corrected chi connectivity index (χ3v) is 3.93. The van der Waals surface area contributed by atoms with Crippen molar-refractivity contribution in [3.8, 4) is 0 Å². The van der Waals surface area contributed by atoms with Crippen LogP contribution in [0.2, 0.25) is 0 Å². The van der Waals surface area contributed by atoms with Gasteiger partial charge in [-0.3, -0.25) is 4.79 Å². The molecular formula is C15H25N3O2. The van der Waals surface area contributed by atoms with Gasteiger partial charge < -0.3 is 20.4 Å². The quantitative estimate of drug-likeness (QED) is 0.868. The summed E-state index contributed by atoms with van der Waals surface area (Å²) in [6.45, 7) is 7.66. The monoisotopic (exact) mass is 279 g/mol. The lowest BCUT2D eigenvalue weighted by Crippen LogP contribution is -2.33. The van der Waals surface area contributed by atoms with Gasteiger partial charge in [0.05, 0.1) is 11.8 Å². The summed E-state index contributed by atoms with van der Waals surface area (Å²) in [6, 6.07) is 1.95. The van der Waals surface area contributed by atoms with Gasteiger partial charge in [0.1, 0.15) is 5.69 Å². The number of amides is 1. The van der Waals surface area contributed by atoms with Crippen LogP contribution in [0.3, 0.4) is 0 Å². The number of aromatic nitrogens is 1. The summed E-state index contributed by atoms with van der Waals surface area (Å²) in [5.41, 5.74) is 7.05.